The van der Waals surface area contributed by atoms with Crippen LogP contribution in [-0.4, -0.2) is 23.3 Å². The van der Waals surface area contributed by atoms with E-state index in [-0.39, 0.29) is 10.6 Å². The molecule has 0 fully saturated rings. The molecule has 146 valence electrons. The number of hydrogen-bond donors (Lipinski definition) is 2. The van der Waals surface area contributed by atoms with Crippen molar-refractivity contribution in [2.75, 3.05) is 0 Å². The van der Waals surface area contributed by atoms with Crippen LogP contribution in [0.2, 0.25) is 0 Å². The lowest BCUT2D eigenvalue weighted by Crippen LogP contribution is -2.29. The molecule has 0 bridgehead atoms. The number of benzene rings is 2. The zero-order valence-corrected chi connectivity index (χ0v) is 16.2. The molecule has 28 heavy (non-hydrogen) atoms. The van der Waals surface area contributed by atoms with E-state index >= 15 is 0 Å². The Labute approximate surface area is 162 Å². The Hall–Kier alpha value is -3.04. The normalized spacial score (nSPS) is 12.6. The summed E-state index contributed by atoms with van der Waals surface area (Å²) in [6.07, 6.45) is 2.14. The van der Waals surface area contributed by atoms with Gasteiger partial charge in [-0.2, -0.15) is 0 Å². The quantitative estimate of drug-likeness (QED) is 0.463. The van der Waals surface area contributed by atoms with Gasteiger partial charge in [0.05, 0.1) is 27.8 Å². The minimum absolute atomic E-state index is 0.00592. The predicted molar refractivity (Wildman–Crippen MR) is 105 cm³/mol. The SMILES string of the molecule is CCC(NS(=O)(=O)c1ccc([N+](=O)[O-])cc1C)c1ncc(-c2ccccc2)[nH]1. The van der Waals surface area contributed by atoms with Crippen LogP contribution in [-0.2, 0) is 10.0 Å². The molecule has 1 unspecified atom stereocenters. The van der Waals surface area contributed by atoms with Crippen LogP contribution in [0.4, 0.5) is 5.69 Å². The Morgan fingerprint density at radius 1 is 1.21 bits per heavy atom. The van der Waals surface area contributed by atoms with Crippen LogP contribution in [0, 0.1) is 17.0 Å². The standard InChI is InChI=1S/C19H20N4O4S/c1-3-16(19-20-12-17(21-19)14-7-5-4-6-8-14)22-28(26,27)18-10-9-15(23(24)25)11-13(18)2/h4-12,16,22H,3H2,1-2H3,(H,20,21). The van der Waals surface area contributed by atoms with Crippen molar-refractivity contribution in [3.63, 3.8) is 0 Å². The van der Waals surface area contributed by atoms with Crippen LogP contribution in [0.1, 0.15) is 30.8 Å². The van der Waals surface area contributed by atoms with Crippen molar-refractivity contribution in [3.05, 3.63) is 76.2 Å². The molecular weight excluding hydrogens is 380 g/mol. The molecular formula is C19H20N4O4S. The molecule has 1 atom stereocenters. The number of aromatic amines is 1. The van der Waals surface area contributed by atoms with Gasteiger partial charge in [0.25, 0.3) is 5.69 Å². The van der Waals surface area contributed by atoms with Crippen LogP contribution in [0.25, 0.3) is 11.3 Å². The molecule has 8 nitrogen and oxygen atoms in total. The second kappa shape index (κ2) is 7.91. The second-order valence-corrected chi connectivity index (χ2v) is 8.02. The number of aromatic nitrogens is 2. The Morgan fingerprint density at radius 3 is 2.54 bits per heavy atom. The van der Waals surface area contributed by atoms with Gasteiger partial charge < -0.3 is 4.98 Å². The van der Waals surface area contributed by atoms with Gasteiger partial charge in [-0.25, -0.2) is 18.1 Å². The summed E-state index contributed by atoms with van der Waals surface area (Å²) in [7, 11) is -3.88. The smallest absolute Gasteiger partial charge is 0.269 e. The molecule has 0 aliphatic rings. The third-order valence-corrected chi connectivity index (χ3v) is 6.01. The Bertz CT molecular complexity index is 1090. The lowest BCUT2D eigenvalue weighted by molar-refractivity contribution is -0.385. The number of nitrogens with zero attached hydrogens (tertiary/aromatic N) is 2. The fraction of sp³-hybridized carbons (Fsp3) is 0.211. The summed E-state index contributed by atoms with van der Waals surface area (Å²) < 4.78 is 28.3. The highest BCUT2D eigenvalue weighted by Crippen LogP contribution is 2.25. The van der Waals surface area contributed by atoms with Crippen LogP contribution in [0.15, 0.2) is 59.6 Å². The van der Waals surface area contributed by atoms with Gasteiger partial charge in [0, 0.05) is 12.1 Å². The number of non-ortho nitro benzene ring substituents is 1. The summed E-state index contributed by atoms with van der Waals surface area (Å²) in [5, 5.41) is 10.9. The van der Waals surface area contributed by atoms with Crippen molar-refractivity contribution in [2.45, 2.75) is 31.2 Å². The maximum absolute atomic E-state index is 12.8. The summed E-state index contributed by atoms with van der Waals surface area (Å²) in [6, 6.07) is 12.7. The van der Waals surface area contributed by atoms with E-state index in [2.05, 4.69) is 14.7 Å². The number of nitro benzene ring substituents is 1. The fourth-order valence-electron chi connectivity index (χ4n) is 2.91. The zero-order valence-electron chi connectivity index (χ0n) is 15.4. The van der Waals surface area contributed by atoms with E-state index in [0.29, 0.717) is 17.8 Å². The Balaban J connectivity index is 1.86. The highest BCUT2D eigenvalue weighted by atomic mass is 32.2. The highest BCUT2D eigenvalue weighted by Gasteiger charge is 2.25. The molecule has 3 aromatic rings. The van der Waals surface area contributed by atoms with Crippen molar-refractivity contribution in [1.29, 1.82) is 0 Å². The first-order valence-corrected chi connectivity index (χ1v) is 10.2. The van der Waals surface area contributed by atoms with Crippen molar-refractivity contribution >= 4 is 15.7 Å². The molecule has 2 N–H and O–H groups in total. The van der Waals surface area contributed by atoms with Crippen molar-refractivity contribution in [3.8, 4) is 11.3 Å². The van der Waals surface area contributed by atoms with Crippen LogP contribution < -0.4 is 4.72 Å². The molecule has 0 amide bonds. The molecule has 0 aliphatic carbocycles. The number of H-pyrrole nitrogens is 1. The van der Waals surface area contributed by atoms with Gasteiger partial charge in [-0.3, -0.25) is 10.1 Å². The van der Waals surface area contributed by atoms with E-state index in [1.807, 2.05) is 37.3 Å². The van der Waals surface area contributed by atoms with Crippen LogP contribution in [0.5, 0.6) is 0 Å². The van der Waals surface area contributed by atoms with Crippen molar-refractivity contribution < 1.29 is 13.3 Å². The van der Waals surface area contributed by atoms with Gasteiger partial charge in [0.1, 0.15) is 5.82 Å². The fourth-order valence-corrected chi connectivity index (χ4v) is 4.42. The van der Waals surface area contributed by atoms with Crippen LogP contribution >= 0.6 is 0 Å². The Kier molecular flexibility index (Phi) is 5.57. The molecule has 0 spiro atoms. The van der Waals surface area contributed by atoms with E-state index in [1.165, 1.54) is 25.1 Å². The molecule has 0 aliphatic heterocycles. The number of nitrogens with one attached hydrogen (secondary N) is 2. The van der Waals surface area contributed by atoms with E-state index in [1.54, 1.807) is 6.20 Å². The lowest BCUT2D eigenvalue weighted by atomic mass is 10.2. The summed E-state index contributed by atoms with van der Waals surface area (Å²) in [5.74, 6) is 0.504. The monoisotopic (exact) mass is 400 g/mol. The van der Waals surface area contributed by atoms with Gasteiger partial charge in [-0.05, 0) is 30.5 Å². The first-order chi connectivity index (χ1) is 13.3. The lowest BCUT2D eigenvalue weighted by Gasteiger charge is -2.16. The van der Waals surface area contributed by atoms with E-state index in [9.17, 15) is 18.5 Å². The number of sulfonamides is 1. The van der Waals surface area contributed by atoms with Gasteiger partial charge >= 0.3 is 0 Å². The summed E-state index contributed by atoms with van der Waals surface area (Å²) in [5.41, 5.74) is 1.90. The molecule has 0 saturated heterocycles. The van der Waals surface area contributed by atoms with Gasteiger partial charge in [-0.15, -0.1) is 0 Å². The number of imidazole rings is 1. The minimum atomic E-state index is -3.88. The Morgan fingerprint density at radius 2 is 1.93 bits per heavy atom. The average molecular weight is 400 g/mol. The molecule has 1 aromatic heterocycles. The summed E-state index contributed by atoms with van der Waals surface area (Å²) >= 11 is 0. The largest absolute Gasteiger partial charge is 0.341 e. The topological polar surface area (TPSA) is 118 Å². The van der Waals surface area contributed by atoms with E-state index in [4.69, 9.17) is 0 Å². The summed E-state index contributed by atoms with van der Waals surface area (Å²) in [4.78, 5) is 17.8. The highest BCUT2D eigenvalue weighted by molar-refractivity contribution is 7.89. The second-order valence-electron chi connectivity index (χ2n) is 6.34. The maximum atomic E-state index is 12.8. The number of hydrogen-bond acceptors (Lipinski definition) is 5. The van der Waals surface area contributed by atoms with Crippen molar-refractivity contribution in [1.82, 2.24) is 14.7 Å². The van der Waals surface area contributed by atoms with Gasteiger partial charge in [-0.1, -0.05) is 37.3 Å². The minimum Gasteiger partial charge on any atom is -0.341 e. The maximum Gasteiger partial charge on any atom is 0.269 e. The molecule has 0 saturated carbocycles. The summed E-state index contributed by atoms with van der Waals surface area (Å²) in [6.45, 7) is 3.38. The predicted octanol–water partition coefficient (Wildman–Crippen LogP) is 3.72. The third-order valence-electron chi connectivity index (χ3n) is 4.37. The zero-order chi connectivity index (χ0) is 20.3. The number of aryl methyl sites for hydroxylation is 1. The van der Waals surface area contributed by atoms with E-state index < -0.39 is 21.0 Å². The number of nitro groups is 1. The first-order valence-electron chi connectivity index (χ1n) is 8.69. The molecule has 3 rings (SSSR count). The van der Waals surface area contributed by atoms with E-state index in [0.717, 1.165) is 11.3 Å². The molecule has 0 radical (unpaired) electrons. The van der Waals surface area contributed by atoms with Crippen molar-refractivity contribution in [2.24, 2.45) is 0 Å². The first kappa shape index (κ1) is 19.7. The van der Waals surface area contributed by atoms with Gasteiger partial charge in [0.2, 0.25) is 10.0 Å². The molecule has 1 heterocycles. The molecule has 9 heteroatoms. The van der Waals surface area contributed by atoms with Crippen LogP contribution in [0.3, 0.4) is 0 Å². The average Bonchev–Trinajstić information content (AvgIpc) is 3.16. The van der Waals surface area contributed by atoms with Gasteiger partial charge in [0.15, 0.2) is 0 Å². The number of rotatable bonds is 7. The third kappa shape index (κ3) is 4.10. The molecule has 2 aromatic carbocycles.